The van der Waals surface area contributed by atoms with Crippen LogP contribution < -0.4 is 0 Å². The summed E-state index contributed by atoms with van der Waals surface area (Å²) in [5.74, 6) is 1.72. The summed E-state index contributed by atoms with van der Waals surface area (Å²) >= 11 is 7.08. The lowest BCUT2D eigenvalue weighted by Gasteiger charge is -2.18. The molecule has 0 saturated carbocycles. The quantitative estimate of drug-likeness (QED) is 0.409. The molecule has 1 aromatic heterocycles. The van der Waals surface area contributed by atoms with Gasteiger partial charge >= 0.3 is 0 Å². The van der Waals surface area contributed by atoms with E-state index in [2.05, 4.69) is 76.9 Å². The fourth-order valence-corrected chi connectivity index (χ4v) is 3.23. The Kier molecular flexibility index (Phi) is 4.52. The van der Waals surface area contributed by atoms with Crippen LogP contribution in [0.15, 0.2) is 68.0 Å². The second-order valence-corrected chi connectivity index (χ2v) is 8.39. The molecule has 23 heavy (non-hydrogen) atoms. The van der Waals surface area contributed by atoms with E-state index in [0.29, 0.717) is 0 Å². The molecular formula is C20H18Br2O. The van der Waals surface area contributed by atoms with Gasteiger partial charge in [-0.15, -0.1) is 0 Å². The summed E-state index contributed by atoms with van der Waals surface area (Å²) in [7, 11) is 0. The molecule has 0 unspecified atom stereocenters. The third-order valence-electron chi connectivity index (χ3n) is 3.83. The van der Waals surface area contributed by atoms with E-state index in [-0.39, 0.29) is 5.41 Å². The van der Waals surface area contributed by atoms with Gasteiger partial charge < -0.3 is 4.42 Å². The monoisotopic (exact) mass is 432 g/mol. The predicted molar refractivity (Wildman–Crippen MR) is 104 cm³/mol. The second-order valence-electron chi connectivity index (χ2n) is 6.62. The highest BCUT2D eigenvalue weighted by molar-refractivity contribution is 9.10. The molecule has 0 fully saturated rings. The zero-order valence-electron chi connectivity index (χ0n) is 13.4. The van der Waals surface area contributed by atoms with Crippen LogP contribution in [0.2, 0.25) is 0 Å². The van der Waals surface area contributed by atoms with E-state index >= 15 is 0 Å². The van der Waals surface area contributed by atoms with Gasteiger partial charge in [-0.3, -0.25) is 0 Å². The molecule has 3 aromatic rings. The minimum absolute atomic E-state index is 0.154. The van der Waals surface area contributed by atoms with Crippen molar-refractivity contribution in [2.75, 3.05) is 0 Å². The van der Waals surface area contributed by atoms with E-state index in [9.17, 15) is 0 Å². The highest BCUT2D eigenvalue weighted by atomic mass is 79.9. The number of rotatable bonds is 2. The first-order chi connectivity index (χ1) is 10.8. The number of halogens is 2. The fraction of sp³-hybridized carbons (Fsp3) is 0.200. The number of furan rings is 1. The van der Waals surface area contributed by atoms with E-state index in [4.69, 9.17) is 4.42 Å². The van der Waals surface area contributed by atoms with Gasteiger partial charge in [0.15, 0.2) is 0 Å². The smallest absolute Gasteiger partial charge is 0.148 e. The summed E-state index contributed by atoms with van der Waals surface area (Å²) < 4.78 is 8.12. The first kappa shape index (κ1) is 16.5. The van der Waals surface area contributed by atoms with E-state index in [1.54, 1.807) is 0 Å². The van der Waals surface area contributed by atoms with Gasteiger partial charge in [0.25, 0.3) is 0 Å². The average molecular weight is 434 g/mol. The molecule has 0 bridgehead atoms. The summed E-state index contributed by atoms with van der Waals surface area (Å²) in [5.41, 5.74) is 3.61. The molecule has 1 nitrogen and oxygen atoms in total. The molecule has 1 heterocycles. The standard InChI is InChI=1S/C20H18Br2O/c1-20(2,3)15-8-4-14(5-9-15)19-17(22)12-18(23-19)13-6-10-16(21)11-7-13/h4-12H,1-3H3. The SMILES string of the molecule is CC(C)(C)c1ccc(-c2oc(-c3ccc(Br)cc3)cc2Br)cc1. The van der Waals surface area contributed by atoms with Crippen LogP contribution in [-0.4, -0.2) is 0 Å². The van der Waals surface area contributed by atoms with Crippen LogP contribution in [0, 0.1) is 0 Å². The van der Waals surface area contributed by atoms with Gasteiger partial charge in [0.05, 0.1) is 4.47 Å². The minimum Gasteiger partial charge on any atom is -0.455 e. The van der Waals surface area contributed by atoms with Gasteiger partial charge in [0.2, 0.25) is 0 Å². The molecule has 0 atom stereocenters. The van der Waals surface area contributed by atoms with Crippen LogP contribution in [0.25, 0.3) is 22.6 Å². The van der Waals surface area contributed by atoms with Gasteiger partial charge in [-0.05, 0) is 45.1 Å². The van der Waals surface area contributed by atoms with Gasteiger partial charge in [-0.1, -0.05) is 73.1 Å². The Morgan fingerprint density at radius 1 is 0.783 bits per heavy atom. The lowest BCUT2D eigenvalue weighted by atomic mass is 9.86. The maximum atomic E-state index is 6.09. The largest absolute Gasteiger partial charge is 0.455 e. The Hall–Kier alpha value is -1.32. The van der Waals surface area contributed by atoms with E-state index in [0.717, 1.165) is 31.6 Å². The first-order valence-corrected chi connectivity index (χ1v) is 9.09. The molecule has 0 N–H and O–H groups in total. The lowest BCUT2D eigenvalue weighted by Crippen LogP contribution is -2.10. The maximum absolute atomic E-state index is 6.09. The summed E-state index contributed by atoms with van der Waals surface area (Å²) in [5, 5.41) is 0. The van der Waals surface area contributed by atoms with Crippen molar-refractivity contribution in [2.24, 2.45) is 0 Å². The topological polar surface area (TPSA) is 13.1 Å². The van der Waals surface area contributed by atoms with Crippen molar-refractivity contribution in [1.29, 1.82) is 0 Å². The Morgan fingerprint density at radius 2 is 1.35 bits per heavy atom. The lowest BCUT2D eigenvalue weighted by molar-refractivity contribution is 0.588. The van der Waals surface area contributed by atoms with E-state index < -0.39 is 0 Å². The number of benzene rings is 2. The summed E-state index contributed by atoms with van der Waals surface area (Å²) in [6.07, 6.45) is 0. The fourth-order valence-electron chi connectivity index (χ4n) is 2.44. The highest BCUT2D eigenvalue weighted by Gasteiger charge is 2.16. The number of hydrogen-bond acceptors (Lipinski definition) is 1. The predicted octanol–water partition coefficient (Wildman–Crippen LogP) is 7.44. The summed E-state index contributed by atoms with van der Waals surface area (Å²) in [4.78, 5) is 0. The molecule has 3 rings (SSSR count). The molecule has 118 valence electrons. The molecule has 3 heteroatoms. The van der Waals surface area contributed by atoms with Crippen molar-refractivity contribution < 1.29 is 4.42 Å². The molecule has 0 aliphatic rings. The van der Waals surface area contributed by atoms with Crippen molar-refractivity contribution in [1.82, 2.24) is 0 Å². The molecule has 2 aromatic carbocycles. The van der Waals surface area contributed by atoms with E-state index in [1.807, 2.05) is 30.3 Å². The molecule has 0 radical (unpaired) electrons. The molecule has 0 aliphatic heterocycles. The first-order valence-electron chi connectivity index (χ1n) is 7.51. The van der Waals surface area contributed by atoms with Gasteiger partial charge in [0.1, 0.15) is 11.5 Å². The Balaban J connectivity index is 1.96. The van der Waals surface area contributed by atoms with Gasteiger partial charge in [0, 0.05) is 15.6 Å². The van der Waals surface area contributed by atoms with Crippen molar-refractivity contribution in [3.05, 3.63) is 69.1 Å². The Labute approximate surface area is 154 Å². The molecular weight excluding hydrogens is 416 g/mol. The van der Waals surface area contributed by atoms with Crippen LogP contribution in [0.3, 0.4) is 0 Å². The van der Waals surface area contributed by atoms with Crippen LogP contribution >= 0.6 is 31.9 Å². The maximum Gasteiger partial charge on any atom is 0.148 e. The van der Waals surface area contributed by atoms with Crippen LogP contribution in [0.5, 0.6) is 0 Å². The van der Waals surface area contributed by atoms with Crippen LogP contribution in [-0.2, 0) is 5.41 Å². The minimum atomic E-state index is 0.154. The van der Waals surface area contributed by atoms with Crippen LogP contribution in [0.4, 0.5) is 0 Å². The molecule has 0 amide bonds. The normalized spacial score (nSPS) is 11.7. The Morgan fingerprint density at radius 3 is 1.91 bits per heavy atom. The van der Waals surface area contributed by atoms with Crippen molar-refractivity contribution in [3.63, 3.8) is 0 Å². The third kappa shape index (κ3) is 3.61. The van der Waals surface area contributed by atoms with Crippen molar-refractivity contribution >= 4 is 31.9 Å². The zero-order valence-corrected chi connectivity index (χ0v) is 16.5. The summed E-state index contributed by atoms with van der Waals surface area (Å²) in [6.45, 7) is 6.66. The van der Waals surface area contributed by atoms with E-state index in [1.165, 1.54) is 5.56 Å². The molecule has 0 spiro atoms. The molecule has 0 saturated heterocycles. The number of hydrogen-bond donors (Lipinski definition) is 0. The van der Waals surface area contributed by atoms with Gasteiger partial charge in [-0.25, -0.2) is 0 Å². The average Bonchev–Trinajstić information content (AvgIpc) is 2.89. The highest BCUT2D eigenvalue weighted by Crippen LogP contribution is 2.37. The summed E-state index contributed by atoms with van der Waals surface area (Å²) in [6, 6.07) is 18.7. The van der Waals surface area contributed by atoms with Gasteiger partial charge in [-0.2, -0.15) is 0 Å². The molecule has 0 aliphatic carbocycles. The zero-order chi connectivity index (χ0) is 16.6. The van der Waals surface area contributed by atoms with Crippen LogP contribution in [0.1, 0.15) is 26.3 Å². The van der Waals surface area contributed by atoms with Crippen molar-refractivity contribution in [3.8, 4) is 22.6 Å². The van der Waals surface area contributed by atoms with Crippen molar-refractivity contribution in [2.45, 2.75) is 26.2 Å². The third-order valence-corrected chi connectivity index (χ3v) is 4.95. The Bertz CT molecular complexity index is 806. The second kappa shape index (κ2) is 6.29.